The van der Waals surface area contributed by atoms with Gasteiger partial charge in [0.05, 0.1) is 0 Å². The molecule has 3 aromatic rings. The summed E-state index contributed by atoms with van der Waals surface area (Å²) >= 11 is 0. The molecule has 28 heavy (non-hydrogen) atoms. The first-order chi connectivity index (χ1) is 13.5. The molecular formula is C21H19N3O3S. The third kappa shape index (κ3) is 5.11. The van der Waals surface area contributed by atoms with Crippen LogP contribution in [0.4, 0.5) is 5.82 Å². The molecule has 3 rings (SSSR count). The molecule has 7 heteroatoms. The summed E-state index contributed by atoms with van der Waals surface area (Å²) in [6.07, 6.45) is 3.01. The zero-order valence-corrected chi connectivity index (χ0v) is 16.0. The van der Waals surface area contributed by atoms with Crippen molar-refractivity contribution >= 4 is 28.4 Å². The second-order valence-electron chi connectivity index (χ2n) is 6.03. The molecule has 1 heterocycles. The number of amides is 2. The minimum absolute atomic E-state index is 0.259. The first-order valence-corrected chi connectivity index (χ1v) is 10.1. The van der Waals surface area contributed by atoms with Crippen LogP contribution in [0.1, 0.15) is 26.3 Å². The standard InChI is InChI=1S/C21H19N3O3S/c1-28(27)18-9-5-8-16(12-18)21(26)24-19-13-17(10-11-22-19)20(25)23-14-15-6-3-2-4-7-15/h2-13H,14H2,1H3,(H,23,25)(H,22,24,26). The van der Waals surface area contributed by atoms with Crippen LogP contribution in [0, 0.1) is 0 Å². The highest BCUT2D eigenvalue weighted by atomic mass is 32.2. The molecule has 2 aromatic carbocycles. The summed E-state index contributed by atoms with van der Waals surface area (Å²) in [5, 5.41) is 5.50. The fourth-order valence-electron chi connectivity index (χ4n) is 2.53. The van der Waals surface area contributed by atoms with Crippen molar-refractivity contribution in [3.8, 4) is 0 Å². The van der Waals surface area contributed by atoms with E-state index < -0.39 is 10.8 Å². The predicted molar refractivity (Wildman–Crippen MR) is 109 cm³/mol. The summed E-state index contributed by atoms with van der Waals surface area (Å²) in [4.78, 5) is 29.4. The summed E-state index contributed by atoms with van der Waals surface area (Å²) in [6.45, 7) is 0.407. The van der Waals surface area contributed by atoms with Crippen LogP contribution in [0.15, 0.2) is 77.8 Å². The molecule has 0 aliphatic rings. The van der Waals surface area contributed by atoms with E-state index in [1.165, 1.54) is 12.3 Å². The van der Waals surface area contributed by atoms with Crippen LogP contribution in [-0.4, -0.2) is 27.3 Å². The van der Waals surface area contributed by atoms with Gasteiger partial charge in [-0.15, -0.1) is 0 Å². The molecule has 1 unspecified atom stereocenters. The van der Waals surface area contributed by atoms with Gasteiger partial charge in [0.1, 0.15) is 5.82 Å². The Morgan fingerprint density at radius 3 is 2.43 bits per heavy atom. The first kappa shape index (κ1) is 19.4. The van der Waals surface area contributed by atoms with Crippen molar-refractivity contribution in [2.75, 3.05) is 11.6 Å². The molecule has 0 saturated carbocycles. The van der Waals surface area contributed by atoms with Gasteiger partial charge < -0.3 is 10.6 Å². The number of hydrogen-bond donors (Lipinski definition) is 2. The zero-order chi connectivity index (χ0) is 19.9. The van der Waals surface area contributed by atoms with Crippen LogP contribution < -0.4 is 10.6 Å². The molecule has 0 bridgehead atoms. The third-order valence-electron chi connectivity index (χ3n) is 3.99. The first-order valence-electron chi connectivity index (χ1n) is 8.56. The number of nitrogens with one attached hydrogen (secondary N) is 2. The maximum atomic E-state index is 12.4. The molecule has 0 fully saturated rings. The van der Waals surface area contributed by atoms with E-state index in [9.17, 15) is 13.8 Å². The van der Waals surface area contributed by atoms with E-state index in [-0.39, 0.29) is 17.6 Å². The second kappa shape index (κ2) is 9.05. The van der Waals surface area contributed by atoms with Crippen LogP contribution >= 0.6 is 0 Å². The van der Waals surface area contributed by atoms with Gasteiger partial charge in [0.15, 0.2) is 0 Å². The number of hydrogen-bond acceptors (Lipinski definition) is 4. The van der Waals surface area contributed by atoms with Gasteiger partial charge in [-0.25, -0.2) is 4.98 Å². The number of carbonyl (C=O) groups is 2. The molecule has 2 N–H and O–H groups in total. The highest BCUT2D eigenvalue weighted by Crippen LogP contribution is 2.12. The molecule has 142 valence electrons. The summed E-state index contributed by atoms with van der Waals surface area (Å²) in [5.41, 5.74) is 1.75. The number of anilines is 1. The lowest BCUT2D eigenvalue weighted by atomic mass is 10.2. The molecule has 0 spiro atoms. The number of rotatable bonds is 6. The number of nitrogens with zero attached hydrogens (tertiary/aromatic N) is 1. The number of benzene rings is 2. The smallest absolute Gasteiger partial charge is 0.256 e. The Morgan fingerprint density at radius 1 is 0.929 bits per heavy atom. The van der Waals surface area contributed by atoms with Crippen molar-refractivity contribution in [3.63, 3.8) is 0 Å². The molecule has 1 aromatic heterocycles. The summed E-state index contributed by atoms with van der Waals surface area (Å²) in [6, 6.07) is 19.2. The van der Waals surface area contributed by atoms with Crippen molar-refractivity contribution in [2.24, 2.45) is 0 Å². The third-order valence-corrected chi connectivity index (χ3v) is 4.91. The lowest BCUT2D eigenvalue weighted by Crippen LogP contribution is -2.23. The maximum Gasteiger partial charge on any atom is 0.256 e. The Balaban J connectivity index is 1.67. The second-order valence-corrected chi connectivity index (χ2v) is 7.41. The molecule has 1 atom stereocenters. The van der Waals surface area contributed by atoms with Crippen LogP contribution in [0.3, 0.4) is 0 Å². The van der Waals surface area contributed by atoms with Gasteiger partial charge in [-0.2, -0.15) is 0 Å². The fraction of sp³-hybridized carbons (Fsp3) is 0.0952. The van der Waals surface area contributed by atoms with Gasteiger partial charge in [-0.1, -0.05) is 36.4 Å². The van der Waals surface area contributed by atoms with Crippen LogP contribution in [0.5, 0.6) is 0 Å². The summed E-state index contributed by atoms with van der Waals surface area (Å²) < 4.78 is 11.6. The summed E-state index contributed by atoms with van der Waals surface area (Å²) in [7, 11) is -1.18. The van der Waals surface area contributed by atoms with Crippen molar-refractivity contribution < 1.29 is 13.8 Å². The maximum absolute atomic E-state index is 12.4. The van der Waals surface area contributed by atoms with Crippen molar-refractivity contribution in [1.82, 2.24) is 10.3 Å². The van der Waals surface area contributed by atoms with Gasteiger partial charge in [0.25, 0.3) is 11.8 Å². The largest absolute Gasteiger partial charge is 0.348 e. The molecule has 0 radical (unpaired) electrons. The lowest BCUT2D eigenvalue weighted by Gasteiger charge is -2.08. The van der Waals surface area contributed by atoms with Gasteiger partial charge in [0, 0.05) is 45.8 Å². The quantitative estimate of drug-likeness (QED) is 0.674. The van der Waals surface area contributed by atoms with E-state index in [2.05, 4.69) is 15.6 Å². The summed E-state index contributed by atoms with van der Waals surface area (Å²) in [5.74, 6) is -0.382. The fourth-order valence-corrected chi connectivity index (χ4v) is 3.09. The van der Waals surface area contributed by atoms with Gasteiger partial charge in [-0.3, -0.25) is 13.8 Å². The van der Waals surface area contributed by atoms with E-state index in [1.807, 2.05) is 30.3 Å². The van der Waals surface area contributed by atoms with E-state index in [1.54, 1.807) is 36.6 Å². The Bertz CT molecular complexity index is 1020. The molecule has 0 saturated heterocycles. The van der Waals surface area contributed by atoms with Crippen LogP contribution in [0.25, 0.3) is 0 Å². The van der Waals surface area contributed by atoms with Gasteiger partial charge >= 0.3 is 0 Å². The molecule has 6 nitrogen and oxygen atoms in total. The van der Waals surface area contributed by atoms with E-state index >= 15 is 0 Å². The molecule has 2 amide bonds. The van der Waals surface area contributed by atoms with Crippen LogP contribution in [-0.2, 0) is 17.3 Å². The highest BCUT2D eigenvalue weighted by molar-refractivity contribution is 7.84. The van der Waals surface area contributed by atoms with Crippen LogP contribution in [0.2, 0.25) is 0 Å². The lowest BCUT2D eigenvalue weighted by molar-refractivity contribution is 0.0949. The van der Waals surface area contributed by atoms with Gasteiger partial charge in [0.2, 0.25) is 0 Å². The van der Waals surface area contributed by atoms with Crippen molar-refractivity contribution in [2.45, 2.75) is 11.4 Å². The number of aromatic nitrogens is 1. The van der Waals surface area contributed by atoms with Gasteiger partial charge in [-0.05, 0) is 35.9 Å². The molecule has 0 aliphatic heterocycles. The Kier molecular flexibility index (Phi) is 6.29. The zero-order valence-electron chi connectivity index (χ0n) is 15.2. The highest BCUT2D eigenvalue weighted by Gasteiger charge is 2.11. The molecular weight excluding hydrogens is 374 g/mol. The average molecular weight is 393 g/mol. The minimum Gasteiger partial charge on any atom is -0.348 e. The van der Waals surface area contributed by atoms with Crippen molar-refractivity contribution in [1.29, 1.82) is 0 Å². The normalized spacial score (nSPS) is 11.5. The number of carbonyl (C=O) groups excluding carboxylic acids is 2. The SMILES string of the molecule is CS(=O)c1cccc(C(=O)Nc2cc(C(=O)NCc3ccccc3)ccn2)c1. The van der Waals surface area contributed by atoms with Crippen molar-refractivity contribution in [3.05, 3.63) is 89.6 Å². The Morgan fingerprint density at radius 2 is 1.68 bits per heavy atom. The molecule has 0 aliphatic carbocycles. The van der Waals surface area contributed by atoms with E-state index in [0.29, 0.717) is 22.6 Å². The number of pyridine rings is 1. The predicted octanol–water partition coefficient (Wildman–Crippen LogP) is 3.00. The average Bonchev–Trinajstić information content (AvgIpc) is 2.73. The Labute approximate surface area is 165 Å². The Hall–Kier alpha value is -3.32. The topological polar surface area (TPSA) is 88.2 Å². The van der Waals surface area contributed by atoms with E-state index in [0.717, 1.165) is 5.56 Å². The minimum atomic E-state index is -1.18. The monoisotopic (exact) mass is 393 g/mol. The van der Waals surface area contributed by atoms with E-state index in [4.69, 9.17) is 0 Å².